The van der Waals surface area contributed by atoms with Crippen molar-refractivity contribution in [1.29, 1.82) is 0 Å². The first-order valence-electron chi connectivity index (χ1n) is 7.97. The highest BCUT2D eigenvalue weighted by Crippen LogP contribution is 2.34. The van der Waals surface area contributed by atoms with Gasteiger partial charge in [0.15, 0.2) is 0 Å². The van der Waals surface area contributed by atoms with Crippen LogP contribution in [0.2, 0.25) is 0 Å². The van der Waals surface area contributed by atoms with Gasteiger partial charge in [-0.3, -0.25) is 4.79 Å². The van der Waals surface area contributed by atoms with Crippen molar-refractivity contribution < 1.29 is 52.1 Å². The van der Waals surface area contributed by atoms with Crippen molar-refractivity contribution in [1.82, 2.24) is 9.03 Å². The molecule has 0 aliphatic heterocycles. The molecule has 7 nitrogen and oxygen atoms in total. The molecule has 0 saturated heterocycles. The first kappa shape index (κ1) is 17.3. The second-order valence-corrected chi connectivity index (χ2v) is 8.59. The number of carbonyl (C=O) groups excluding carboxylic acids is 1. The summed E-state index contributed by atoms with van der Waals surface area (Å²) in [6.07, 6.45) is -1.34. The van der Waals surface area contributed by atoms with Gasteiger partial charge < -0.3 is 0 Å². The van der Waals surface area contributed by atoms with Gasteiger partial charge in [-0.1, -0.05) is 12.8 Å². The van der Waals surface area contributed by atoms with Crippen LogP contribution in [-0.2, 0) is 24.8 Å². The van der Waals surface area contributed by atoms with E-state index in [0.29, 0.717) is 0 Å². The molecule has 0 heterocycles. The second kappa shape index (κ2) is 6.90. The molecule has 25 heavy (non-hydrogen) atoms. The Balaban J connectivity index is 3.51. The molecule has 1 fully saturated rings. The molecular weight excluding hydrogens is 406 g/mol. The maximum atomic E-state index is 13.0. The minimum Gasteiger partial charge on any atom is -0.274 e. The lowest BCUT2D eigenvalue weighted by molar-refractivity contribution is -0.128. The minimum absolute atomic E-state index is 0.0105. The number of amides is 1. The number of hydrogen-bond acceptors (Lipinski definition) is 5. The molecule has 0 unspecified atom stereocenters. The Morgan fingerprint density at radius 2 is 1.56 bits per heavy atom. The van der Waals surface area contributed by atoms with Gasteiger partial charge in [-0.2, -0.15) is 34.8 Å². The topological polar surface area (TPSA) is 101 Å². The van der Waals surface area contributed by atoms with E-state index in [-0.39, 0.29) is 12.8 Å². The van der Waals surface area contributed by atoms with Crippen LogP contribution in [0.3, 0.4) is 0 Å². The summed E-state index contributed by atoms with van der Waals surface area (Å²) in [7, 11) is -12.7. The zero-order chi connectivity index (χ0) is 22.3. The van der Waals surface area contributed by atoms with Crippen molar-refractivity contribution in [2.45, 2.75) is 55.6 Å². The third-order valence-corrected chi connectivity index (χ3v) is 6.16. The summed E-state index contributed by atoms with van der Waals surface area (Å²) in [5, 5.41) is 0. The van der Waals surface area contributed by atoms with E-state index in [9.17, 15) is 48.0 Å². The molecule has 1 aliphatic carbocycles. The Morgan fingerprint density at radius 3 is 2.00 bits per heavy atom. The highest BCUT2D eigenvalue weighted by atomic mass is 32.2. The van der Waals surface area contributed by atoms with Gasteiger partial charge in [-0.15, -0.1) is 0 Å². The van der Waals surface area contributed by atoms with E-state index in [1.54, 1.807) is 0 Å². The van der Waals surface area contributed by atoms with E-state index in [1.807, 2.05) is 0 Å². The quantitative estimate of drug-likeness (QED) is 0.690. The smallest absolute Gasteiger partial charge is 0.274 e. The Labute approximate surface area is 143 Å². The molecule has 15 heteroatoms. The monoisotopic (exact) mass is 423 g/mol. The van der Waals surface area contributed by atoms with Gasteiger partial charge in [0.25, 0.3) is 0 Å². The van der Waals surface area contributed by atoms with E-state index in [0.717, 1.165) is 4.72 Å². The third kappa shape index (κ3) is 4.55. The van der Waals surface area contributed by atoms with Crippen LogP contribution in [0.1, 0.15) is 36.6 Å². The number of sulfonamides is 2. The van der Waals surface area contributed by atoms with Crippen molar-refractivity contribution in [3.63, 3.8) is 0 Å². The summed E-state index contributed by atoms with van der Waals surface area (Å²) in [6, 6.07) is -4.42. The number of hydrogen-bond donors (Lipinski definition) is 1. The largest absolute Gasteiger partial charge is 0.516 e. The zero-order valence-electron chi connectivity index (χ0n) is 15.1. The number of halogens is 6. The summed E-state index contributed by atoms with van der Waals surface area (Å²) in [5.74, 6) is -2.51. The fourth-order valence-corrected chi connectivity index (χ4v) is 4.20. The van der Waals surface area contributed by atoms with Gasteiger partial charge in [0, 0.05) is 17.0 Å². The second-order valence-electron chi connectivity index (χ2n) is 5.08. The molecule has 1 N–H and O–H groups in total. The fourth-order valence-electron chi connectivity index (χ4n) is 2.35. The summed E-state index contributed by atoms with van der Waals surface area (Å²) in [6.45, 7) is -3.89. The predicted octanol–water partition coefficient (Wildman–Crippen LogP) is 1.43. The first-order valence-corrected chi connectivity index (χ1v) is 9.39. The molecule has 1 rings (SSSR count). The summed E-state index contributed by atoms with van der Waals surface area (Å²) < 4.78 is 143. The van der Waals surface area contributed by atoms with Gasteiger partial charge in [-0.05, 0) is 12.8 Å². The fraction of sp³-hybridized carbons (Fsp3) is 0.900. The van der Waals surface area contributed by atoms with Gasteiger partial charge in [0.05, 0.1) is 6.04 Å². The van der Waals surface area contributed by atoms with Crippen molar-refractivity contribution >= 4 is 26.0 Å². The van der Waals surface area contributed by atoms with Gasteiger partial charge in [0.2, 0.25) is 5.91 Å². The normalized spacial score (nSPS) is 25.6. The summed E-state index contributed by atoms with van der Waals surface area (Å²) >= 11 is 0. The molecule has 1 amide bonds. The Bertz CT molecular complexity index is 809. The Morgan fingerprint density at radius 1 is 1.04 bits per heavy atom. The number of nitrogens with one attached hydrogen (secondary N) is 1. The van der Waals surface area contributed by atoms with Crippen LogP contribution in [0.15, 0.2) is 0 Å². The molecule has 2 atom stereocenters. The summed E-state index contributed by atoms with van der Waals surface area (Å²) in [5.41, 5.74) is -12.0. The molecule has 0 aromatic heterocycles. The lowest BCUT2D eigenvalue weighted by Gasteiger charge is -2.38. The van der Waals surface area contributed by atoms with Crippen molar-refractivity contribution in [3.8, 4) is 0 Å². The Hall–Kier alpha value is -1.09. The van der Waals surface area contributed by atoms with Crippen LogP contribution < -0.4 is 4.72 Å². The van der Waals surface area contributed by atoms with Crippen LogP contribution in [0.5, 0.6) is 0 Å². The van der Waals surface area contributed by atoms with E-state index in [2.05, 4.69) is 0 Å². The van der Waals surface area contributed by atoms with Crippen molar-refractivity contribution in [2.75, 3.05) is 0 Å². The maximum absolute atomic E-state index is 13.0. The van der Waals surface area contributed by atoms with E-state index < -0.39 is 73.1 Å². The van der Waals surface area contributed by atoms with Gasteiger partial charge >= 0.3 is 31.1 Å². The molecule has 0 aromatic rings. The molecule has 148 valence electrons. The maximum Gasteiger partial charge on any atom is 0.516 e. The highest BCUT2D eigenvalue weighted by Gasteiger charge is 2.55. The van der Waals surface area contributed by atoms with Crippen LogP contribution in [0.4, 0.5) is 26.3 Å². The molecule has 0 spiro atoms. The zero-order valence-corrected chi connectivity index (χ0v) is 13.7. The Kier molecular flexibility index (Phi) is 4.79. The number of alkyl halides is 6. The molecule has 0 bridgehead atoms. The average molecular weight is 423 g/mol. The van der Waals surface area contributed by atoms with Crippen LogP contribution in [-0.4, -0.2) is 50.1 Å². The highest BCUT2D eigenvalue weighted by molar-refractivity contribution is 7.90. The van der Waals surface area contributed by atoms with Crippen LogP contribution in [0.25, 0.3) is 0 Å². The lowest BCUT2D eigenvalue weighted by atomic mass is 9.91. The average Bonchev–Trinajstić information content (AvgIpc) is 2.45. The van der Waals surface area contributed by atoms with Crippen LogP contribution in [0, 0.1) is 0 Å². The van der Waals surface area contributed by atoms with E-state index in [1.165, 1.54) is 0 Å². The van der Waals surface area contributed by atoms with E-state index >= 15 is 0 Å². The van der Waals surface area contributed by atoms with E-state index in [4.69, 9.17) is 4.11 Å². The minimum atomic E-state index is -6.64. The lowest BCUT2D eigenvalue weighted by Crippen LogP contribution is -2.59. The SMILES string of the molecule is [2H]C([2H])([2H])C(=O)N([C@H]1CCCC[C@@H]1NS(=O)(=O)C(F)(F)F)S(=O)(=O)C(F)(F)F. The predicted molar refractivity (Wildman–Crippen MR) is 71.6 cm³/mol. The van der Waals surface area contributed by atoms with Crippen LogP contribution >= 0.6 is 0 Å². The molecule has 0 aromatic carbocycles. The molecule has 1 saturated carbocycles. The number of carbonyl (C=O) groups is 1. The molecular formula is C10H14F6N2O5S2. The van der Waals surface area contributed by atoms with Crippen molar-refractivity contribution in [2.24, 2.45) is 0 Å². The third-order valence-electron chi connectivity index (χ3n) is 3.39. The van der Waals surface area contributed by atoms with Gasteiger partial charge in [0.1, 0.15) is 0 Å². The summed E-state index contributed by atoms with van der Waals surface area (Å²) in [4.78, 5) is 12.0. The molecule has 1 aliphatic rings. The number of nitrogens with zero attached hydrogens (tertiary/aromatic N) is 1. The first-order chi connectivity index (χ1) is 12.2. The van der Waals surface area contributed by atoms with Crippen molar-refractivity contribution in [3.05, 3.63) is 0 Å². The standard InChI is InChI=1S/C10H14F6N2O5S2/c1-6(19)18(25(22,23)10(14,15)16)8-5-3-2-4-7(8)17-24(20,21)9(11,12)13/h7-8,17H,2-5H2,1H3/t7-,8-/m0/s1/i1D3. The molecule has 0 radical (unpaired) electrons. The van der Waals surface area contributed by atoms with Gasteiger partial charge in [-0.25, -0.2) is 17.4 Å². The number of rotatable bonds is 4.